The number of pyridine rings is 1. The third kappa shape index (κ3) is 6.37. The summed E-state index contributed by atoms with van der Waals surface area (Å²) in [5, 5.41) is 9.85. The van der Waals surface area contributed by atoms with Crippen LogP contribution in [0.2, 0.25) is 5.02 Å². The summed E-state index contributed by atoms with van der Waals surface area (Å²) in [5.41, 5.74) is 2.62. The smallest absolute Gasteiger partial charge is 0.226 e. The molecular weight excluding hydrogens is 350 g/mol. The van der Waals surface area contributed by atoms with Crippen molar-refractivity contribution in [1.82, 2.24) is 15.6 Å². The molecule has 0 radical (unpaired) electrons. The second kappa shape index (κ2) is 10.4. The first kappa shape index (κ1) is 19.7. The van der Waals surface area contributed by atoms with Crippen LogP contribution in [0.1, 0.15) is 17.7 Å². The number of carbonyl (C=O) groups is 1. The summed E-state index contributed by atoms with van der Waals surface area (Å²) in [6, 6.07) is 11.3. The molecule has 0 spiro atoms. The minimum absolute atomic E-state index is 0.0770. The van der Waals surface area contributed by atoms with Gasteiger partial charge in [0.1, 0.15) is 0 Å². The van der Waals surface area contributed by atoms with E-state index in [-0.39, 0.29) is 5.91 Å². The Morgan fingerprint density at radius 3 is 2.69 bits per heavy atom. The summed E-state index contributed by atoms with van der Waals surface area (Å²) in [6.45, 7) is 3.07. The maximum Gasteiger partial charge on any atom is 0.226 e. The van der Waals surface area contributed by atoms with Gasteiger partial charge in [0.25, 0.3) is 0 Å². The van der Waals surface area contributed by atoms with E-state index in [1.165, 1.54) is 0 Å². The van der Waals surface area contributed by atoms with Gasteiger partial charge in [0.2, 0.25) is 5.91 Å². The molecule has 2 rings (SSSR count). The number of amides is 1. The lowest BCUT2D eigenvalue weighted by atomic mass is 10.2. The number of anilines is 1. The Morgan fingerprint density at radius 1 is 1.15 bits per heavy atom. The van der Waals surface area contributed by atoms with Crippen LogP contribution in [0, 0.1) is 6.92 Å². The predicted octanol–water partition coefficient (Wildman–Crippen LogP) is 2.78. The van der Waals surface area contributed by atoms with Gasteiger partial charge in [-0.3, -0.25) is 14.8 Å². The molecule has 0 unspecified atom stereocenters. The molecule has 6 nitrogen and oxygen atoms in total. The monoisotopic (exact) mass is 373 g/mol. The van der Waals surface area contributed by atoms with Crippen molar-refractivity contribution in [3.63, 3.8) is 0 Å². The molecule has 3 N–H and O–H groups in total. The fourth-order valence-corrected chi connectivity index (χ4v) is 2.50. The van der Waals surface area contributed by atoms with Crippen LogP contribution in [0.15, 0.2) is 47.6 Å². The number of benzene rings is 1. The molecule has 0 aliphatic heterocycles. The fourth-order valence-electron chi connectivity index (χ4n) is 2.33. The van der Waals surface area contributed by atoms with Crippen LogP contribution in [-0.2, 0) is 11.2 Å². The number of guanidine groups is 1. The van der Waals surface area contributed by atoms with Crippen LogP contribution >= 0.6 is 11.6 Å². The second-order valence-electron chi connectivity index (χ2n) is 5.71. The zero-order chi connectivity index (χ0) is 18.8. The molecule has 0 saturated carbocycles. The Kier molecular flexibility index (Phi) is 7.89. The van der Waals surface area contributed by atoms with Crippen molar-refractivity contribution in [3.8, 4) is 0 Å². The first-order valence-corrected chi connectivity index (χ1v) is 8.87. The van der Waals surface area contributed by atoms with Crippen LogP contribution in [-0.4, -0.2) is 37.0 Å². The first-order valence-electron chi connectivity index (χ1n) is 8.49. The van der Waals surface area contributed by atoms with E-state index >= 15 is 0 Å². The van der Waals surface area contributed by atoms with Crippen molar-refractivity contribution < 1.29 is 4.79 Å². The van der Waals surface area contributed by atoms with Gasteiger partial charge in [-0.25, -0.2) is 0 Å². The van der Waals surface area contributed by atoms with Crippen LogP contribution in [0.5, 0.6) is 0 Å². The summed E-state index contributed by atoms with van der Waals surface area (Å²) in [5.74, 6) is 0.583. The second-order valence-corrected chi connectivity index (χ2v) is 6.11. The number of hydrogen-bond acceptors (Lipinski definition) is 3. The third-order valence-corrected chi connectivity index (χ3v) is 4.22. The van der Waals surface area contributed by atoms with E-state index in [0.29, 0.717) is 30.5 Å². The number of hydrogen-bond donors (Lipinski definition) is 3. The van der Waals surface area contributed by atoms with Crippen LogP contribution < -0.4 is 16.0 Å². The number of aromatic nitrogens is 1. The molecule has 7 heteroatoms. The summed E-state index contributed by atoms with van der Waals surface area (Å²) >= 11 is 6.06. The normalized spacial score (nSPS) is 11.1. The highest BCUT2D eigenvalue weighted by atomic mass is 35.5. The number of carbonyl (C=O) groups excluding carboxylic acids is 1. The summed E-state index contributed by atoms with van der Waals surface area (Å²) in [4.78, 5) is 20.5. The van der Waals surface area contributed by atoms with Crippen molar-refractivity contribution >= 4 is 29.2 Å². The minimum atomic E-state index is -0.0770. The average molecular weight is 374 g/mol. The predicted molar refractivity (Wildman–Crippen MR) is 107 cm³/mol. The average Bonchev–Trinajstić information content (AvgIpc) is 2.65. The van der Waals surface area contributed by atoms with Crippen molar-refractivity contribution in [2.24, 2.45) is 4.99 Å². The zero-order valence-corrected chi connectivity index (χ0v) is 15.8. The van der Waals surface area contributed by atoms with Crippen molar-refractivity contribution in [3.05, 3.63) is 58.9 Å². The standard InChI is InChI=1S/C19H24ClN5O/c1-14-16(20)7-5-8-17(14)25-18(26)10-13-24-19(21-2)23-12-9-15-6-3-4-11-22-15/h3-8,11H,9-10,12-13H2,1-2H3,(H,25,26)(H2,21,23,24). The van der Waals surface area contributed by atoms with Crippen LogP contribution in [0.3, 0.4) is 0 Å². The summed E-state index contributed by atoms with van der Waals surface area (Å²) in [6.07, 6.45) is 2.91. The maximum atomic E-state index is 12.1. The third-order valence-electron chi connectivity index (χ3n) is 3.81. The number of halogens is 1. The quantitative estimate of drug-likeness (QED) is 0.515. The Bertz CT molecular complexity index is 749. The molecule has 0 aliphatic carbocycles. The molecular formula is C19H24ClN5O. The van der Waals surface area contributed by atoms with Gasteiger partial charge in [0.15, 0.2) is 5.96 Å². The van der Waals surface area contributed by atoms with Crippen molar-refractivity contribution in [2.75, 3.05) is 25.5 Å². The molecule has 1 amide bonds. The van der Waals surface area contributed by atoms with Gasteiger partial charge in [0, 0.05) is 55.6 Å². The lowest BCUT2D eigenvalue weighted by molar-refractivity contribution is -0.116. The van der Waals surface area contributed by atoms with E-state index in [1.54, 1.807) is 19.3 Å². The zero-order valence-electron chi connectivity index (χ0n) is 15.1. The van der Waals surface area contributed by atoms with E-state index in [4.69, 9.17) is 11.6 Å². The molecule has 0 atom stereocenters. The molecule has 1 heterocycles. The minimum Gasteiger partial charge on any atom is -0.356 e. The highest BCUT2D eigenvalue weighted by molar-refractivity contribution is 6.31. The van der Waals surface area contributed by atoms with Crippen LogP contribution in [0.25, 0.3) is 0 Å². The SMILES string of the molecule is CN=C(NCCC(=O)Nc1cccc(Cl)c1C)NCCc1ccccn1. The molecule has 138 valence electrons. The Hall–Kier alpha value is -2.60. The van der Waals surface area contributed by atoms with E-state index in [2.05, 4.69) is 25.9 Å². The van der Waals surface area contributed by atoms with Crippen LogP contribution in [0.4, 0.5) is 5.69 Å². The van der Waals surface area contributed by atoms with Gasteiger partial charge in [-0.05, 0) is 36.8 Å². The molecule has 0 saturated heterocycles. The first-order chi connectivity index (χ1) is 12.6. The highest BCUT2D eigenvalue weighted by Crippen LogP contribution is 2.22. The molecule has 0 fully saturated rings. The van der Waals surface area contributed by atoms with Gasteiger partial charge in [-0.1, -0.05) is 23.7 Å². The maximum absolute atomic E-state index is 12.1. The Labute approximate surface area is 159 Å². The fraction of sp³-hybridized carbons (Fsp3) is 0.316. The van der Waals surface area contributed by atoms with Crippen molar-refractivity contribution in [1.29, 1.82) is 0 Å². The lowest BCUT2D eigenvalue weighted by Crippen LogP contribution is -2.39. The van der Waals surface area contributed by atoms with Gasteiger partial charge in [-0.2, -0.15) is 0 Å². The molecule has 2 aromatic rings. The molecule has 1 aromatic heterocycles. The Morgan fingerprint density at radius 2 is 1.96 bits per heavy atom. The van der Waals surface area contributed by atoms with E-state index in [1.807, 2.05) is 37.3 Å². The molecule has 0 aliphatic rings. The van der Waals surface area contributed by atoms with E-state index in [9.17, 15) is 4.79 Å². The number of nitrogens with zero attached hydrogens (tertiary/aromatic N) is 2. The van der Waals surface area contributed by atoms with E-state index < -0.39 is 0 Å². The molecule has 26 heavy (non-hydrogen) atoms. The number of rotatable bonds is 7. The molecule has 1 aromatic carbocycles. The van der Waals surface area contributed by atoms with Gasteiger partial charge in [0.05, 0.1) is 0 Å². The largest absolute Gasteiger partial charge is 0.356 e. The van der Waals surface area contributed by atoms with Gasteiger partial charge < -0.3 is 16.0 Å². The lowest BCUT2D eigenvalue weighted by Gasteiger charge is -2.12. The highest BCUT2D eigenvalue weighted by Gasteiger charge is 2.07. The van der Waals surface area contributed by atoms with Gasteiger partial charge in [-0.15, -0.1) is 0 Å². The number of nitrogens with one attached hydrogen (secondary N) is 3. The topological polar surface area (TPSA) is 78.4 Å². The molecule has 0 bridgehead atoms. The van der Waals surface area contributed by atoms with E-state index in [0.717, 1.165) is 23.4 Å². The summed E-state index contributed by atoms with van der Waals surface area (Å²) < 4.78 is 0. The number of aliphatic imine (C=N–C) groups is 1. The van der Waals surface area contributed by atoms with Crippen molar-refractivity contribution in [2.45, 2.75) is 19.8 Å². The van der Waals surface area contributed by atoms with Gasteiger partial charge >= 0.3 is 0 Å². The summed E-state index contributed by atoms with van der Waals surface area (Å²) in [7, 11) is 1.70. The Balaban J connectivity index is 1.69.